The summed E-state index contributed by atoms with van der Waals surface area (Å²) in [5.41, 5.74) is 2.34. The molecule has 4 fully saturated rings. The first kappa shape index (κ1) is 49.6. The van der Waals surface area contributed by atoms with Crippen LogP contribution in [0.25, 0.3) is 10.9 Å². The second-order valence-corrected chi connectivity index (χ2v) is 19.6. The van der Waals surface area contributed by atoms with Crippen molar-refractivity contribution in [2.75, 3.05) is 19.6 Å². The lowest BCUT2D eigenvalue weighted by molar-refractivity contribution is -0.146. The number of aromatic amines is 1. The van der Waals surface area contributed by atoms with Crippen LogP contribution in [0.4, 0.5) is 0 Å². The number of carbonyl (C=O) groups excluding carboxylic acids is 8. The zero-order valence-corrected chi connectivity index (χ0v) is 39.7. The summed E-state index contributed by atoms with van der Waals surface area (Å²) in [7, 11) is 0. The predicted octanol–water partition coefficient (Wildman–Crippen LogP) is 1.45. The largest absolute Gasteiger partial charge is 0.391 e. The van der Waals surface area contributed by atoms with E-state index in [4.69, 9.17) is 0 Å². The number of aliphatic hydroxyl groups excluding tert-OH is 1. The highest BCUT2D eigenvalue weighted by molar-refractivity contribution is 6.00. The van der Waals surface area contributed by atoms with E-state index in [1.165, 1.54) is 21.6 Å². The van der Waals surface area contributed by atoms with Gasteiger partial charge in [-0.05, 0) is 80.9 Å². The molecule has 8 amide bonds. The maximum atomic E-state index is 15.0. The molecule has 366 valence electrons. The molecule has 9 atom stereocenters. The Morgan fingerprint density at radius 2 is 1.03 bits per heavy atom. The molecule has 0 spiro atoms. The fraction of sp³-hybridized carbons (Fsp3) is 0.560. The van der Waals surface area contributed by atoms with Gasteiger partial charge >= 0.3 is 0 Å². The zero-order valence-electron chi connectivity index (χ0n) is 39.7. The lowest BCUT2D eigenvalue weighted by Gasteiger charge is -2.34. The van der Waals surface area contributed by atoms with Crippen molar-refractivity contribution in [3.8, 4) is 0 Å². The molecule has 0 saturated carbocycles. The third-order valence-corrected chi connectivity index (χ3v) is 13.8. The number of benzene rings is 2. The van der Waals surface area contributed by atoms with Crippen molar-refractivity contribution in [1.29, 1.82) is 0 Å². The van der Waals surface area contributed by atoms with Crippen LogP contribution in [-0.2, 0) is 51.2 Å². The van der Waals surface area contributed by atoms with E-state index < -0.39 is 108 Å². The van der Waals surface area contributed by atoms with Crippen molar-refractivity contribution < 1.29 is 43.5 Å². The average molecular weight is 938 g/mol. The molecule has 68 heavy (non-hydrogen) atoms. The highest BCUT2D eigenvalue weighted by Crippen LogP contribution is 2.27. The molecule has 4 saturated heterocycles. The van der Waals surface area contributed by atoms with Crippen LogP contribution in [0.5, 0.6) is 0 Å². The molecule has 0 aliphatic carbocycles. The summed E-state index contributed by atoms with van der Waals surface area (Å²) in [6, 6.07) is 7.55. The van der Waals surface area contributed by atoms with Gasteiger partial charge in [-0.25, -0.2) is 0 Å². The van der Waals surface area contributed by atoms with Crippen LogP contribution in [0.3, 0.4) is 0 Å². The quantitative estimate of drug-likeness (QED) is 0.173. The third kappa shape index (κ3) is 11.2. The van der Waals surface area contributed by atoms with E-state index in [1.54, 1.807) is 20.0 Å². The third-order valence-electron chi connectivity index (χ3n) is 13.8. The van der Waals surface area contributed by atoms with E-state index in [0.717, 1.165) is 22.0 Å². The molecule has 7 N–H and O–H groups in total. The summed E-state index contributed by atoms with van der Waals surface area (Å²) in [6.45, 7) is 9.12. The van der Waals surface area contributed by atoms with E-state index in [2.05, 4.69) is 31.6 Å². The topological polar surface area (TPSA) is 242 Å². The molecular weight excluding hydrogens is 871 g/mol. The number of rotatable bonds is 8. The number of hydrogen-bond acceptors (Lipinski definition) is 9. The Balaban J connectivity index is 1.27. The molecule has 0 unspecified atom stereocenters. The van der Waals surface area contributed by atoms with E-state index in [0.29, 0.717) is 25.7 Å². The number of hydrogen-bond donors (Lipinski definition) is 7. The Morgan fingerprint density at radius 1 is 0.544 bits per heavy atom. The van der Waals surface area contributed by atoms with Gasteiger partial charge in [0.25, 0.3) is 0 Å². The van der Waals surface area contributed by atoms with Crippen molar-refractivity contribution in [3.05, 3.63) is 71.9 Å². The maximum Gasteiger partial charge on any atom is 0.246 e. The van der Waals surface area contributed by atoms with Gasteiger partial charge in [-0.3, -0.25) is 38.4 Å². The first-order valence-electron chi connectivity index (χ1n) is 24.2. The molecule has 0 bridgehead atoms. The normalized spacial score (nSPS) is 27.9. The minimum absolute atomic E-state index is 0.0583. The number of amides is 8. The molecule has 18 heteroatoms. The van der Waals surface area contributed by atoms with E-state index >= 15 is 0 Å². The van der Waals surface area contributed by atoms with Crippen molar-refractivity contribution in [1.82, 2.24) is 46.3 Å². The summed E-state index contributed by atoms with van der Waals surface area (Å²) in [6.07, 6.45) is 2.95. The number of nitrogens with one attached hydrogen (secondary N) is 6. The van der Waals surface area contributed by atoms with Gasteiger partial charge in [0, 0.05) is 49.6 Å². The van der Waals surface area contributed by atoms with Gasteiger partial charge < -0.3 is 51.4 Å². The summed E-state index contributed by atoms with van der Waals surface area (Å²) in [5.74, 6) is -5.43. The Kier molecular flexibility index (Phi) is 15.9. The maximum absolute atomic E-state index is 15.0. The van der Waals surface area contributed by atoms with E-state index in [1.807, 2.05) is 68.4 Å². The number of H-pyrrole nitrogens is 1. The highest BCUT2D eigenvalue weighted by Gasteiger charge is 2.45. The number of aromatic nitrogens is 1. The number of para-hydroxylation sites is 1. The van der Waals surface area contributed by atoms with Crippen LogP contribution >= 0.6 is 0 Å². The van der Waals surface area contributed by atoms with Gasteiger partial charge in [-0.1, -0.05) is 76.2 Å². The van der Waals surface area contributed by atoms with Crippen LogP contribution in [0.2, 0.25) is 0 Å². The first-order valence-corrected chi connectivity index (χ1v) is 24.2. The van der Waals surface area contributed by atoms with Crippen molar-refractivity contribution in [2.24, 2.45) is 11.8 Å². The summed E-state index contributed by atoms with van der Waals surface area (Å²) < 4.78 is 0. The second kappa shape index (κ2) is 21.8. The molecule has 18 nitrogen and oxygen atoms in total. The van der Waals surface area contributed by atoms with Crippen molar-refractivity contribution in [2.45, 2.75) is 147 Å². The summed E-state index contributed by atoms with van der Waals surface area (Å²) in [5, 5.41) is 25.9. The molecule has 4 aliphatic heterocycles. The first-order chi connectivity index (χ1) is 32.5. The van der Waals surface area contributed by atoms with Crippen LogP contribution < -0.4 is 26.6 Å². The standard InChI is InChI=1S/C50H67N9O9/c1-28(2)24-35-43(61)56-42(30(5)60)47(65)55-41(29(3)4)50(68)59-23-13-20-40(59)46(64)54-37(26-32-27-51-34-17-10-9-16-33(32)34)49(67)58-22-12-19-39(58)45(63)53-36(25-31-14-7-6-8-15-31)48(66)57-21-11-18-38(57)44(62)52-35/h6-10,14-17,27-30,35-42,51,60H,11-13,18-26H2,1-5H3,(H,52,62)(H,53,63)(H,54,64)(H,55,65)(H,56,61)/t30-,35+,36+,37+,38+,39+,40+,41+,42+/m1/s1. The number of carbonyl (C=O) groups is 8. The molecule has 7 rings (SSSR count). The fourth-order valence-electron chi connectivity index (χ4n) is 10.2. The predicted molar refractivity (Wildman–Crippen MR) is 252 cm³/mol. The van der Waals surface area contributed by atoms with Crippen molar-refractivity contribution in [3.63, 3.8) is 0 Å². The van der Waals surface area contributed by atoms with Crippen molar-refractivity contribution >= 4 is 58.2 Å². The lowest BCUT2D eigenvalue weighted by Crippen LogP contribution is -2.63. The van der Waals surface area contributed by atoms with Gasteiger partial charge in [-0.2, -0.15) is 0 Å². The van der Waals surface area contributed by atoms with Gasteiger partial charge in [0.15, 0.2) is 0 Å². The molecule has 2 aromatic carbocycles. The fourth-order valence-corrected chi connectivity index (χ4v) is 10.2. The number of fused-ring (bicyclic) bond motifs is 4. The van der Waals surface area contributed by atoms with Gasteiger partial charge in [-0.15, -0.1) is 0 Å². The SMILES string of the molecule is CC(C)C[C@@H]1NC(=O)[C@@H]2CCCN2C(=O)[C@H](Cc2ccccc2)NC(=O)[C@@H]2CCCN2C(=O)[C@H](Cc2c[nH]c3ccccc23)NC(=O)[C@@H]2CCCN2C(=O)[C@H](C(C)C)NC(=O)[C@H]([C@@H](C)O)NC1=O. The van der Waals surface area contributed by atoms with Crippen LogP contribution in [0.1, 0.15) is 90.7 Å². The molecule has 3 aromatic rings. The zero-order chi connectivity index (χ0) is 48.8. The Hall–Kier alpha value is -6.30. The number of aliphatic hydroxyl groups is 1. The van der Waals surface area contributed by atoms with E-state index in [9.17, 15) is 43.5 Å². The lowest BCUT2D eigenvalue weighted by atomic mass is 9.99. The smallest absolute Gasteiger partial charge is 0.246 e. The molecule has 4 aliphatic rings. The van der Waals surface area contributed by atoms with Gasteiger partial charge in [0.2, 0.25) is 47.3 Å². The molecule has 1 aromatic heterocycles. The molecule has 0 radical (unpaired) electrons. The Bertz CT molecular complexity index is 2350. The highest BCUT2D eigenvalue weighted by atomic mass is 16.3. The summed E-state index contributed by atoms with van der Waals surface area (Å²) in [4.78, 5) is 123. The minimum Gasteiger partial charge on any atom is -0.391 e. The second-order valence-electron chi connectivity index (χ2n) is 19.6. The van der Waals surface area contributed by atoms with Crippen LogP contribution in [-0.4, -0.2) is 146 Å². The monoisotopic (exact) mass is 938 g/mol. The number of nitrogens with zero attached hydrogens (tertiary/aromatic N) is 3. The van der Waals surface area contributed by atoms with E-state index in [-0.39, 0.29) is 57.7 Å². The molecule has 5 heterocycles. The van der Waals surface area contributed by atoms with Crippen LogP contribution in [0.15, 0.2) is 60.8 Å². The van der Waals surface area contributed by atoms with Gasteiger partial charge in [0.05, 0.1) is 6.10 Å². The Morgan fingerprint density at radius 3 is 1.56 bits per heavy atom. The Labute approximate surface area is 397 Å². The van der Waals surface area contributed by atoms with Gasteiger partial charge in [0.1, 0.15) is 48.3 Å². The average Bonchev–Trinajstić information content (AvgIpc) is 4.16. The van der Waals surface area contributed by atoms with Crippen LogP contribution in [0, 0.1) is 11.8 Å². The summed E-state index contributed by atoms with van der Waals surface area (Å²) >= 11 is 0. The molecular formula is C50H67N9O9. The minimum atomic E-state index is -1.54.